The zero-order valence-electron chi connectivity index (χ0n) is 14.5. The van der Waals surface area contributed by atoms with Crippen LogP contribution in [-0.2, 0) is 9.47 Å². The second kappa shape index (κ2) is 10.2. The van der Waals surface area contributed by atoms with Gasteiger partial charge in [0.25, 0.3) is 0 Å². The van der Waals surface area contributed by atoms with Crippen LogP contribution < -0.4 is 0 Å². The van der Waals surface area contributed by atoms with Crippen LogP contribution in [0, 0.1) is 20.2 Å². The van der Waals surface area contributed by atoms with Gasteiger partial charge in [0.2, 0.25) is 0 Å². The Hall–Kier alpha value is -4.01. The smallest absolute Gasteiger partial charge is 0.362 e. The first-order valence-electron chi connectivity index (χ1n) is 8.06. The van der Waals surface area contributed by atoms with E-state index in [-0.39, 0.29) is 0 Å². The van der Waals surface area contributed by atoms with Crippen molar-refractivity contribution in [3.8, 4) is 0 Å². The van der Waals surface area contributed by atoms with E-state index in [1.165, 1.54) is 12.2 Å². The molecule has 2 rings (SSSR count). The van der Waals surface area contributed by atoms with Crippen LogP contribution in [0.2, 0.25) is 0 Å². The van der Waals surface area contributed by atoms with Crippen molar-refractivity contribution in [2.75, 3.05) is 0 Å². The molecule has 28 heavy (non-hydrogen) atoms. The molecule has 0 saturated heterocycles. The van der Waals surface area contributed by atoms with Crippen LogP contribution in [0.3, 0.4) is 0 Å². The zero-order chi connectivity index (χ0) is 20.4. The number of ether oxygens (including phenoxy) is 2. The molecule has 0 aromatic heterocycles. The van der Waals surface area contributed by atoms with E-state index in [9.17, 15) is 25.0 Å². The van der Waals surface area contributed by atoms with Crippen molar-refractivity contribution >= 4 is 18.3 Å². The van der Waals surface area contributed by atoms with Crippen molar-refractivity contribution in [2.45, 2.75) is 12.5 Å². The zero-order valence-corrected chi connectivity index (χ0v) is 14.5. The minimum absolute atomic E-state index is 0.653. The summed E-state index contributed by atoms with van der Waals surface area (Å²) in [4.78, 5) is 32.2. The molecule has 2 aromatic carbocycles. The van der Waals surface area contributed by atoms with Crippen LogP contribution in [0.15, 0.2) is 72.8 Å². The minimum Gasteiger partial charge on any atom is -0.362 e. The second-order valence-corrected chi connectivity index (χ2v) is 5.38. The lowest BCUT2D eigenvalue weighted by Gasteiger charge is -2.09. The summed E-state index contributed by atoms with van der Waals surface area (Å²) in [6, 6.07) is 17.3. The third-order valence-electron chi connectivity index (χ3n) is 3.36. The van der Waals surface area contributed by atoms with Crippen molar-refractivity contribution in [1.82, 2.24) is 0 Å². The number of rotatable bonds is 8. The molecule has 0 fully saturated rings. The van der Waals surface area contributed by atoms with Gasteiger partial charge in [0, 0.05) is 12.2 Å². The van der Waals surface area contributed by atoms with Crippen LogP contribution in [0.1, 0.15) is 11.1 Å². The second-order valence-electron chi connectivity index (χ2n) is 5.38. The third-order valence-corrected chi connectivity index (χ3v) is 3.36. The highest BCUT2D eigenvalue weighted by molar-refractivity contribution is 5.61. The van der Waals surface area contributed by atoms with Crippen molar-refractivity contribution in [2.24, 2.45) is 0 Å². The van der Waals surface area contributed by atoms with E-state index in [0.717, 1.165) is 12.2 Å². The first kappa shape index (κ1) is 20.3. The van der Waals surface area contributed by atoms with E-state index in [1.807, 2.05) is 0 Å². The normalized spacial score (nSPS) is 13.1. The lowest BCUT2D eigenvalue weighted by atomic mass is 10.2. The monoisotopic (exact) mass is 384 g/mol. The van der Waals surface area contributed by atoms with E-state index in [2.05, 4.69) is 9.47 Å². The molecule has 2 aromatic rings. The van der Waals surface area contributed by atoms with E-state index in [1.54, 1.807) is 60.7 Å². The molecule has 9 heteroatoms. The number of hydrogen-bond donors (Lipinski definition) is 0. The van der Waals surface area contributed by atoms with Gasteiger partial charge in [0.05, 0.1) is 9.85 Å². The summed E-state index contributed by atoms with van der Waals surface area (Å²) in [6.45, 7) is 0. The molecular weight excluding hydrogens is 368 g/mol. The minimum atomic E-state index is -1.85. The van der Waals surface area contributed by atoms with Crippen molar-refractivity contribution in [3.63, 3.8) is 0 Å². The highest BCUT2D eigenvalue weighted by Crippen LogP contribution is 2.09. The topological polar surface area (TPSA) is 122 Å². The molecule has 0 heterocycles. The fraction of sp³-hybridized carbons (Fsp3) is 0.105. The molecule has 0 aliphatic carbocycles. The number of nitrogens with zero attached hydrogens (tertiary/aromatic N) is 2. The Balaban J connectivity index is 2.01. The fourth-order valence-corrected chi connectivity index (χ4v) is 2.05. The largest absolute Gasteiger partial charge is 0.519 e. The maximum absolute atomic E-state index is 11.8. The SMILES string of the molecule is O=C(OC(C=Cc1ccccc1)[N+](=O)[O-])OC(C=Cc1ccccc1)[N+](=O)[O-]. The molecule has 2 unspecified atom stereocenters. The molecule has 0 radical (unpaired) electrons. The Kier molecular flexibility index (Phi) is 7.41. The molecule has 0 aliphatic rings. The predicted octanol–water partition coefficient (Wildman–Crippen LogP) is 3.77. The average Bonchev–Trinajstić information content (AvgIpc) is 2.69. The number of hydrogen-bond acceptors (Lipinski definition) is 7. The summed E-state index contributed by atoms with van der Waals surface area (Å²) in [6.07, 6.45) is -0.368. The van der Waals surface area contributed by atoms with Gasteiger partial charge in [0.1, 0.15) is 0 Å². The maximum Gasteiger partial charge on any atom is 0.519 e. The van der Waals surface area contributed by atoms with Crippen LogP contribution in [-0.4, -0.2) is 28.5 Å². The van der Waals surface area contributed by atoms with Gasteiger partial charge in [-0.2, -0.15) is 0 Å². The van der Waals surface area contributed by atoms with Crippen molar-refractivity contribution in [1.29, 1.82) is 0 Å². The fourth-order valence-electron chi connectivity index (χ4n) is 2.05. The van der Waals surface area contributed by atoms with Crippen molar-refractivity contribution < 1.29 is 24.1 Å². The number of benzene rings is 2. The van der Waals surface area contributed by atoms with Crippen LogP contribution >= 0.6 is 0 Å². The Morgan fingerprint density at radius 3 is 1.43 bits per heavy atom. The average molecular weight is 384 g/mol. The maximum atomic E-state index is 11.8. The van der Waals surface area contributed by atoms with Gasteiger partial charge in [-0.15, -0.1) is 0 Å². The van der Waals surface area contributed by atoms with Gasteiger partial charge in [-0.25, -0.2) is 4.79 Å². The van der Waals surface area contributed by atoms with Crippen molar-refractivity contribution in [3.05, 3.63) is 104 Å². The summed E-state index contributed by atoms with van der Waals surface area (Å²) in [5.74, 6) is 0. The molecule has 0 amide bonds. The Bertz CT molecular complexity index is 795. The molecule has 0 N–H and O–H groups in total. The number of carbonyl (C=O) groups is 1. The van der Waals surface area contributed by atoms with E-state index in [4.69, 9.17) is 0 Å². The molecule has 0 bridgehead atoms. The van der Waals surface area contributed by atoms with E-state index >= 15 is 0 Å². The quantitative estimate of drug-likeness (QED) is 0.294. The van der Waals surface area contributed by atoms with Gasteiger partial charge >= 0.3 is 18.6 Å². The van der Waals surface area contributed by atoms with Crippen LogP contribution in [0.25, 0.3) is 12.2 Å². The summed E-state index contributed by atoms with van der Waals surface area (Å²) < 4.78 is 9.16. The molecule has 9 nitrogen and oxygen atoms in total. The van der Waals surface area contributed by atoms with Gasteiger partial charge in [-0.1, -0.05) is 60.7 Å². The summed E-state index contributed by atoms with van der Waals surface area (Å²) >= 11 is 0. The lowest BCUT2D eigenvalue weighted by molar-refractivity contribution is -0.565. The lowest BCUT2D eigenvalue weighted by Crippen LogP contribution is -2.30. The Morgan fingerprint density at radius 1 is 0.750 bits per heavy atom. The molecule has 144 valence electrons. The first-order chi connectivity index (χ1) is 13.5. The van der Waals surface area contributed by atoms with Gasteiger partial charge in [0.15, 0.2) is 0 Å². The highest BCUT2D eigenvalue weighted by atomic mass is 16.8. The third kappa shape index (κ3) is 6.71. The summed E-state index contributed by atoms with van der Waals surface area (Å²) in [5, 5.41) is 22.1. The Labute approximate surface area is 159 Å². The summed E-state index contributed by atoms with van der Waals surface area (Å²) in [7, 11) is 0. The molecule has 0 aliphatic heterocycles. The molecule has 0 spiro atoms. The van der Waals surface area contributed by atoms with Gasteiger partial charge in [-0.3, -0.25) is 20.2 Å². The predicted molar refractivity (Wildman–Crippen MR) is 100 cm³/mol. The summed E-state index contributed by atoms with van der Waals surface area (Å²) in [5.41, 5.74) is 1.31. The highest BCUT2D eigenvalue weighted by Gasteiger charge is 2.28. The Morgan fingerprint density at radius 2 is 1.11 bits per heavy atom. The first-order valence-corrected chi connectivity index (χ1v) is 8.06. The number of carbonyl (C=O) groups excluding carboxylic acids is 1. The van der Waals surface area contributed by atoms with Gasteiger partial charge in [-0.05, 0) is 23.3 Å². The molecule has 2 atom stereocenters. The van der Waals surface area contributed by atoms with Crippen LogP contribution in [0.5, 0.6) is 0 Å². The molecule has 0 saturated carbocycles. The van der Waals surface area contributed by atoms with E-state index < -0.39 is 28.5 Å². The standard InChI is InChI=1S/C19H16N2O7/c22-19(27-17(20(23)24)13-11-15-7-3-1-4-8-15)28-18(21(25)26)14-12-16-9-5-2-6-10-16/h1-14,17-18H. The van der Waals surface area contributed by atoms with Crippen LogP contribution in [0.4, 0.5) is 4.79 Å². The molecular formula is C19H16N2O7. The number of nitro groups is 2. The van der Waals surface area contributed by atoms with E-state index in [0.29, 0.717) is 11.1 Å². The van der Waals surface area contributed by atoms with Gasteiger partial charge < -0.3 is 9.47 Å².